The smallest absolute Gasteiger partial charge is 0.417 e. The molecular weight excluding hydrogens is 1080 g/mol. The zero-order valence-corrected chi connectivity index (χ0v) is 52.4. The lowest BCUT2D eigenvalue weighted by molar-refractivity contribution is -0.163. The van der Waals surface area contributed by atoms with E-state index in [2.05, 4.69) is 4.90 Å². The summed E-state index contributed by atoms with van der Waals surface area (Å²) >= 11 is 0. The quantitative estimate of drug-likeness (QED) is 0.0406. The van der Waals surface area contributed by atoms with Crippen molar-refractivity contribution in [3.05, 3.63) is 88.5 Å². The lowest BCUT2D eigenvalue weighted by Crippen LogP contribution is -2.49. The molecule has 2 aliphatic heterocycles. The van der Waals surface area contributed by atoms with E-state index >= 15 is 13.2 Å². The van der Waals surface area contributed by atoms with Gasteiger partial charge >= 0.3 is 30.1 Å². The molecule has 0 spiro atoms. The van der Waals surface area contributed by atoms with E-state index in [0.29, 0.717) is 84.0 Å². The molecule has 2 fully saturated rings. The van der Waals surface area contributed by atoms with Crippen molar-refractivity contribution in [2.24, 2.45) is 0 Å². The van der Waals surface area contributed by atoms with Crippen LogP contribution in [0.4, 0.5) is 13.2 Å². The molecule has 84 heavy (non-hydrogen) atoms. The summed E-state index contributed by atoms with van der Waals surface area (Å²) in [5.41, 5.74) is 0.367. The van der Waals surface area contributed by atoms with Crippen molar-refractivity contribution < 1.29 is 65.5 Å². The molecule has 2 heterocycles. The average molecular weight is 1180 g/mol. The largest absolute Gasteiger partial charge is 0.491 e. The molecule has 3 aromatic carbocycles. The number of esters is 4. The van der Waals surface area contributed by atoms with Gasteiger partial charge in [0.25, 0.3) is 0 Å². The number of carbonyl (C=O) groups excluding carboxylic acids is 4. The third kappa shape index (κ3) is 25.7. The van der Waals surface area contributed by atoms with Gasteiger partial charge < -0.3 is 33.2 Å². The number of hydrogen-bond donors (Lipinski definition) is 0. The molecular formula is C65H96F3N5O11. The highest BCUT2D eigenvalue weighted by Gasteiger charge is 2.37. The number of halogens is 3. The maximum atomic E-state index is 15.1. The third-order valence-corrected chi connectivity index (χ3v) is 13.8. The van der Waals surface area contributed by atoms with Crippen molar-refractivity contribution in [1.82, 2.24) is 24.5 Å². The van der Waals surface area contributed by atoms with Gasteiger partial charge in [0.05, 0.1) is 51.6 Å². The number of rotatable bonds is 22. The normalized spacial score (nSPS) is 17.5. The van der Waals surface area contributed by atoms with Crippen molar-refractivity contribution in [1.29, 1.82) is 0 Å². The number of benzene rings is 3. The predicted octanol–water partition coefficient (Wildman–Crippen LogP) is 10.2. The Balaban J connectivity index is 1.27. The Hall–Kier alpha value is -5.41. The Morgan fingerprint density at radius 2 is 1.01 bits per heavy atom. The minimum absolute atomic E-state index is 0.0291. The van der Waals surface area contributed by atoms with E-state index in [9.17, 15) is 19.2 Å². The molecule has 5 rings (SSSR count). The Bertz CT molecular complexity index is 2560. The number of hydrogen-bond acceptors (Lipinski definition) is 16. The van der Waals surface area contributed by atoms with Crippen LogP contribution in [0.3, 0.4) is 0 Å². The van der Waals surface area contributed by atoms with Crippen molar-refractivity contribution in [2.45, 2.75) is 150 Å². The zero-order valence-electron chi connectivity index (χ0n) is 52.4. The number of ether oxygens (including phenoxy) is 7. The number of piperidine rings is 1. The van der Waals surface area contributed by atoms with Crippen molar-refractivity contribution in [2.75, 3.05) is 118 Å². The van der Waals surface area contributed by atoms with Gasteiger partial charge in [-0.05, 0) is 149 Å². The Morgan fingerprint density at radius 1 is 0.536 bits per heavy atom. The van der Waals surface area contributed by atoms with Crippen LogP contribution in [0.25, 0.3) is 23.3 Å². The summed E-state index contributed by atoms with van der Waals surface area (Å²) in [6.07, 6.45) is 0.574. The molecule has 0 bridgehead atoms. The minimum atomic E-state index is -4.70. The fourth-order valence-corrected chi connectivity index (χ4v) is 9.93. The maximum Gasteiger partial charge on any atom is 0.417 e. The van der Waals surface area contributed by atoms with Gasteiger partial charge in [-0.1, -0.05) is 67.1 Å². The van der Waals surface area contributed by atoms with Crippen molar-refractivity contribution in [3.8, 4) is 16.9 Å². The van der Waals surface area contributed by atoms with E-state index < -0.39 is 46.2 Å². The number of alkyl halides is 3. The molecule has 0 aliphatic carbocycles. The average Bonchev–Trinajstić information content (AvgIpc) is 3.57. The fourth-order valence-electron chi connectivity index (χ4n) is 9.93. The molecule has 0 N–H and O–H groups in total. The topological polar surface area (TPSA) is 149 Å². The summed E-state index contributed by atoms with van der Waals surface area (Å²) < 4.78 is 86.7. The van der Waals surface area contributed by atoms with Crippen LogP contribution in [0.1, 0.15) is 130 Å². The van der Waals surface area contributed by atoms with Crippen molar-refractivity contribution in [3.63, 3.8) is 0 Å². The van der Waals surface area contributed by atoms with Crippen LogP contribution in [-0.4, -0.2) is 195 Å². The van der Waals surface area contributed by atoms with Crippen LogP contribution in [0.2, 0.25) is 0 Å². The number of likely N-dealkylation sites (tertiary alicyclic amines) is 1. The van der Waals surface area contributed by atoms with Gasteiger partial charge in [0.2, 0.25) is 0 Å². The summed E-state index contributed by atoms with van der Waals surface area (Å²) in [6.45, 7) is 30.0. The Labute approximate surface area is 498 Å². The molecule has 0 aromatic heterocycles. The lowest BCUT2D eigenvalue weighted by Gasteiger charge is -2.36. The van der Waals surface area contributed by atoms with E-state index in [0.717, 1.165) is 41.2 Å². The van der Waals surface area contributed by atoms with Crippen LogP contribution >= 0.6 is 0 Å². The van der Waals surface area contributed by atoms with Gasteiger partial charge in [-0.2, -0.15) is 13.2 Å². The second-order valence-corrected chi connectivity index (χ2v) is 25.8. The molecule has 0 saturated carbocycles. The first-order chi connectivity index (χ1) is 39.3. The second kappa shape index (κ2) is 31.8. The van der Waals surface area contributed by atoms with Crippen molar-refractivity contribution >= 4 is 36.0 Å². The zero-order chi connectivity index (χ0) is 61.9. The van der Waals surface area contributed by atoms with Gasteiger partial charge in [-0.25, -0.2) is 0 Å². The van der Waals surface area contributed by atoms with Gasteiger partial charge in [-0.3, -0.25) is 43.7 Å². The summed E-state index contributed by atoms with van der Waals surface area (Å²) in [5.74, 6) is -1.21. The van der Waals surface area contributed by atoms with Crippen LogP contribution < -0.4 is 4.74 Å². The molecule has 1 atom stereocenters. The van der Waals surface area contributed by atoms with Gasteiger partial charge in [0.1, 0.15) is 40.8 Å². The van der Waals surface area contributed by atoms with E-state index in [4.69, 9.17) is 33.2 Å². The van der Waals surface area contributed by atoms with E-state index in [1.807, 2.05) is 137 Å². The Kier molecular flexibility index (Phi) is 26.3. The first kappa shape index (κ1) is 69.4. The lowest BCUT2D eigenvalue weighted by atomic mass is 9.95. The summed E-state index contributed by atoms with van der Waals surface area (Å²) in [5, 5.41) is 0. The SMILES string of the molecule is Cc1c(/C=C/c2cc(OCCOCCOCCN3CCN(CC(=O)OC(C)(C)C)CCN(CC(=O)OC(C)(C)C)CCN(CC(=O)OC(C)(C)C)CC3)c(CN3CCCC[C@H]3C(=O)OC(C)(C)C)cc2C(F)(F)F)cccc1-c1ccccc1. The summed E-state index contributed by atoms with van der Waals surface area (Å²) in [7, 11) is 0. The van der Waals surface area contributed by atoms with Crippen LogP contribution in [0.5, 0.6) is 5.75 Å². The van der Waals surface area contributed by atoms with E-state index in [1.54, 1.807) is 26.8 Å². The van der Waals surface area contributed by atoms with Crippen LogP contribution in [-0.2, 0) is 60.3 Å². The molecule has 0 amide bonds. The van der Waals surface area contributed by atoms with E-state index in [1.165, 1.54) is 12.1 Å². The molecule has 2 saturated heterocycles. The molecule has 0 radical (unpaired) electrons. The molecule has 16 nitrogen and oxygen atoms in total. The number of nitrogens with zero attached hydrogens (tertiary/aromatic N) is 5. The third-order valence-electron chi connectivity index (χ3n) is 13.8. The number of carbonyl (C=O) groups is 4. The van der Waals surface area contributed by atoms with E-state index in [-0.39, 0.29) is 81.8 Å². The predicted molar refractivity (Wildman–Crippen MR) is 321 cm³/mol. The molecule has 19 heteroatoms. The fraction of sp³-hybridized carbons (Fsp3) is 0.631. The molecule has 0 unspecified atom stereocenters. The van der Waals surface area contributed by atoms with Gasteiger partial charge in [0.15, 0.2) is 0 Å². The van der Waals surface area contributed by atoms with Crippen LogP contribution in [0.15, 0.2) is 60.7 Å². The highest BCUT2D eigenvalue weighted by atomic mass is 19.4. The first-order valence-electron chi connectivity index (χ1n) is 29.7. The molecule has 3 aromatic rings. The summed E-state index contributed by atoms with van der Waals surface area (Å²) in [6, 6.07) is 17.6. The Morgan fingerprint density at radius 3 is 1.51 bits per heavy atom. The van der Waals surface area contributed by atoms with Gasteiger partial charge in [-0.15, -0.1) is 0 Å². The van der Waals surface area contributed by atoms with Gasteiger partial charge in [0, 0.05) is 71.0 Å². The highest BCUT2D eigenvalue weighted by Crippen LogP contribution is 2.39. The highest BCUT2D eigenvalue weighted by molar-refractivity contribution is 5.79. The second-order valence-electron chi connectivity index (χ2n) is 25.8. The maximum absolute atomic E-state index is 15.1. The van der Waals surface area contributed by atoms with Crippen LogP contribution in [0, 0.1) is 6.92 Å². The molecule has 2 aliphatic rings. The summed E-state index contributed by atoms with van der Waals surface area (Å²) in [4.78, 5) is 63.1. The minimum Gasteiger partial charge on any atom is -0.491 e. The monoisotopic (exact) mass is 1180 g/mol. The first-order valence-corrected chi connectivity index (χ1v) is 29.7. The molecule has 468 valence electrons. The standard InChI is InChI=1S/C65H96F3N5O11/c1-48-49(22-19-23-53(48)50-20-15-14-16-21-50)25-26-51-43-56(52(42-54(51)65(66,67)68)44-73-27-18-17-24-55(73)60(77)84-64(11,12)13)80-41-40-79-39-38-78-37-36-69-28-30-70(45-57(74)81-61(2,3)4)32-34-72(47-59(76)83-63(8,9)10)35-33-71(31-29-69)46-58(75)82-62(5,6)7/h14-16,19-23,25-26,42-43,55H,17-18,24,27-41,44-47H2,1-13H3/b26-25+/t55-/m0/s1.